The minimum Gasteiger partial charge on any atom is -0.497 e. The number of hydrogen-bond acceptors (Lipinski definition) is 7. The monoisotopic (exact) mass is 457 g/mol. The van der Waals surface area contributed by atoms with Gasteiger partial charge in [-0.15, -0.1) is 0 Å². The summed E-state index contributed by atoms with van der Waals surface area (Å²) < 4.78 is 20.7. The molecule has 2 aromatic rings. The molecule has 3 rings (SSSR count). The largest absolute Gasteiger partial charge is 0.497 e. The zero-order chi connectivity index (χ0) is 24.0. The first-order valence-electron chi connectivity index (χ1n) is 10.2. The quantitative estimate of drug-likeness (QED) is 0.547. The zero-order valence-corrected chi connectivity index (χ0v) is 19.0. The number of amides is 4. The van der Waals surface area contributed by atoms with E-state index in [9.17, 15) is 14.4 Å². The Balaban J connectivity index is 1.81. The molecule has 176 valence electrons. The summed E-state index contributed by atoms with van der Waals surface area (Å²) >= 11 is 0. The highest BCUT2D eigenvalue weighted by Crippen LogP contribution is 2.29. The number of hydrogen-bond donors (Lipinski definition) is 1. The maximum atomic E-state index is 13.2. The molecule has 0 aliphatic carbocycles. The number of urea groups is 1. The number of rotatable bonds is 10. The lowest BCUT2D eigenvalue weighted by molar-refractivity contribution is -0.124. The molecule has 2 aromatic carbocycles. The number of carbonyl (C=O) groups is 3. The van der Waals surface area contributed by atoms with Crippen LogP contribution < -0.4 is 24.4 Å². The smallest absolute Gasteiger partial charge is 0.332 e. The van der Waals surface area contributed by atoms with Crippen LogP contribution in [0.3, 0.4) is 0 Å². The van der Waals surface area contributed by atoms with Crippen molar-refractivity contribution in [3.05, 3.63) is 42.5 Å². The van der Waals surface area contributed by atoms with Crippen molar-refractivity contribution in [2.24, 2.45) is 0 Å². The molecular formula is C23H27N3O7. The number of carbonyl (C=O) groups excluding carboxylic acids is 3. The molecule has 4 amide bonds. The minimum absolute atomic E-state index is 0.165. The third kappa shape index (κ3) is 5.35. The SMILES string of the molecule is COCCN1C(=O)N(c2ccc(OC)cc2)C(=O)[C@@H]1CC(=O)Nc1cc(OC)cc(OC)c1. The fourth-order valence-corrected chi connectivity index (χ4v) is 3.51. The van der Waals surface area contributed by atoms with E-state index in [0.29, 0.717) is 28.6 Å². The molecule has 1 heterocycles. The number of imide groups is 1. The normalized spacial score (nSPS) is 15.6. The van der Waals surface area contributed by atoms with Gasteiger partial charge in [-0.3, -0.25) is 9.59 Å². The molecule has 0 unspecified atom stereocenters. The summed E-state index contributed by atoms with van der Waals surface area (Å²) in [5, 5.41) is 2.74. The van der Waals surface area contributed by atoms with Crippen LogP contribution >= 0.6 is 0 Å². The fraction of sp³-hybridized carbons (Fsp3) is 0.348. The first kappa shape index (κ1) is 23.9. The van der Waals surface area contributed by atoms with E-state index in [0.717, 1.165) is 4.90 Å². The lowest BCUT2D eigenvalue weighted by atomic mass is 10.1. The van der Waals surface area contributed by atoms with E-state index in [1.54, 1.807) is 42.5 Å². The first-order chi connectivity index (χ1) is 15.9. The molecule has 0 saturated carbocycles. The zero-order valence-electron chi connectivity index (χ0n) is 19.0. The van der Waals surface area contributed by atoms with Crippen LogP contribution in [-0.4, -0.2) is 70.4 Å². The van der Waals surface area contributed by atoms with Crippen LogP contribution in [0.2, 0.25) is 0 Å². The summed E-state index contributed by atoms with van der Waals surface area (Å²) in [5.74, 6) is 0.683. The van der Waals surface area contributed by atoms with Gasteiger partial charge in [0.2, 0.25) is 5.91 Å². The average Bonchev–Trinajstić information content (AvgIpc) is 3.05. The molecule has 0 aromatic heterocycles. The second-order valence-corrected chi connectivity index (χ2v) is 7.21. The standard InChI is InChI=1S/C23H27N3O7/c1-30-10-9-25-20(14-21(27)24-15-11-18(32-3)13-19(12-15)33-4)22(28)26(23(25)29)16-5-7-17(31-2)8-6-16/h5-8,11-13,20H,9-10,14H2,1-4H3,(H,24,27)/t20-/m0/s1. The van der Waals surface area contributed by atoms with E-state index in [4.69, 9.17) is 18.9 Å². The Kier molecular flexibility index (Phi) is 7.73. The molecule has 33 heavy (non-hydrogen) atoms. The highest BCUT2D eigenvalue weighted by Gasteiger charge is 2.46. The summed E-state index contributed by atoms with van der Waals surface area (Å²) in [6.07, 6.45) is -0.222. The summed E-state index contributed by atoms with van der Waals surface area (Å²) in [7, 11) is 6.04. The first-order valence-corrected chi connectivity index (χ1v) is 10.2. The van der Waals surface area contributed by atoms with Crippen LogP contribution in [0.5, 0.6) is 17.2 Å². The number of ether oxygens (including phenoxy) is 4. The molecule has 1 aliphatic rings. The van der Waals surface area contributed by atoms with Gasteiger partial charge in [0.05, 0.1) is 40.0 Å². The van der Waals surface area contributed by atoms with Crippen LogP contribution in [0, 0.1) is 0 Å². The van der Waals surface area contributed by atoms with Crippen molar-refractivity contribution in [1.29, 1.82) is 0 Å². The van der Waals surface area contributed by atoms with Gasteiger partial charge in [0, 0.05) is 37.5 Å². The summed E-state index contributed by atoms with van der Waals surface area (Å²) in [4.78, 5) is 41.5. The predicted molar refractivity (Wildman–Crippen MR) is 121 cm³/mol. The molecule has 0 spiro atoms. The van der Waals surface area contributed by atoms with E-state index in [2.05, 4.69) is 5.32 Å². The van der Waals surface area contributed by atoms with E-state index in [-0.39, 0.29) is 19.6 Å². The molecular weight excluding hydrogens is 430 g/mol. The molecule has 0 bridgehead atoms. The highest BCUT2D eigenvalue weighted by molar-refractivity contribution is 6.22. The van der Waals surface area contributed by atoms with Gasteiger partial charge in [0.15, 0.2) is 0 Å². The van der Waals surface area contributed by atoms with Crippen LogP contribution in [-0.2, 0) is 14.3 Å². The predicted octanol–water partition coefficient (Wildman–Crippen LogP) is 2.52. The Bertz CT molecular complexity index is 987. The topological polar surface area (TPSA) is 107 Å². The Hall–Kier alpha value is -3.79. The van der Waals surface area contributed by atoms with Crippen molar-refractivity contribution in [1.82, 2.24) is 4.90 Å². The lowest BCUT2D eigenvalue weighted by Crippen LogP contribution is -2.39. The van der Waals surface area contributed by atoms with Gasteiger partial charge < -0.3 is 29.2 Å². The second kappa shape index (κ2) is 10.7. The van der Waals surface area contributed by atoms with Crippen molar-refractivity contribution < 1.29 is 33.3 Å². The molecule has 1 saturated heterocycles. The Morgan fingerprint density at radius 1 is 0.909 bits per heavy atom. The van der Waals surface area contributed by atoms with Crippen LogP contribution in [0.4, 0.5) is 16.2 Å². The third-order valence-corrected chi connectivity index (χ3v) is 5.20. The molecule has 1 N–H and O–H groups in total. The minimum atomic E-state index is -0.970. The van der Waals surface area contributed by atoms with E-state index >= 15 is 0 Å². The molecule has 10 heteroatoms. The van der Waals surface area contributed by atoms with Crippen molar-refractivity contribution in [3.8, 4) is 17.2 Å². The lowest BCUT2D eigenvalue weighted by Gasteiger charge is -2.21. The molecule has 0 radical (unpaired) electrons. The number of nitrogens with one attached hydrogen (secondary N) is 1. The highest BCUT2D eigenvalue weighted by atomic mass is 16.5. The van der Waals surface area contributed by atoms with E-state index in [1.165, 1.54) is 33.3 Å². The van der Waals surface area contributed by atoms with Gasteiger partial charge in [-0.1, -0.05) is 0 Å². The number of benzene rings is 2. The van der Waals surface area contributed by atoms with Crippen LogP contribution in [0.25, 0.3) is 0 Å². The fourth-order valence-electron chi connectivity index (χ4n) is 3.51. The number of anilines is 2. The number of methoxy groups -OCH3 is 4. The van der Waals surface area contributed by atoms with Gasteiger partial charge in [0.25, 0.3) is 5.91 Å². The summed E-state index contributed by atoms with van der Waals surface area (Å²) in [5.41, 5.74) is 0.845. The van der Waals surface area contributed by atoms with Crippen molar-refractivity contribution in [2.75, 3.05) is 51.8 Å². The molecule has 1 atom stereocenters. The van der Waals surface area contributed by atoms with Gasteiger partial charge in [-0.05, 0) is 24.3 Å². The van der Waals surface area contributed by atoms with Gasteiger partial charge in [-0.2, -0.15) is 0 Å². The van der Waals surface area contributed by atoms with Crippen molar-refractivity contribution >= 4 is 29.2 Å². The molecule has 10 nitrogen and oxygen atoms in total. The van der Waals surface area contributed by atoms with Crippen molar-refractivity contribution in [3.63, 3.8) is 0 Å². The molecule has 1 fully saturated rings. The van der Waals surface area contributed by atoms with Gasteiger partial charge in [-0.25, -0.2) is 9.69 Å². The summed E-state index contributed by atoms with van der Waals surface area (Å²) in [6, 6.07) is 10.0. The maximum absolute atomic E-state index is 13.2. The Labute approximate surface area is 192 Å². The Morgan fingerprint density at radius 2 is 1.52 bits per heavy atom. The summed E-state index contributed by atoms with van der Waals surface area (Å²) in [6.45, 7) is 0.388. The van der Waals surface area contributed by atoms with E-state index in [1.807, 2.05) is 0 Å². The van der Waals surface area contributed by atoms with Gasteiger partial charge in [0.1, 0.15) is 23.3 Å². The molecule has 1 aliphatic heterocycles. The third-order valence-electron chi connectivity index (χ3n) is 5.20. The van der Waals surface area contributed by atoms with E-state index < -0.39 is 23.9 Å². The second-order valence-electron chi connectivity index (χ2n) is 7.21. The number of nitrogens with zero attached hydrogens (tertiary/aromatic N) is 2. The Morgan fingerprint density at radius 3 is 2.06 bits per heavy atom. The average molecular weight is 457 g/mol. The van der Waals surface area contributed by atoms with Gasteiger partial charge >= 0.3 is 6.03 Å². The maximum Gasteiger partial charge on any atom is 0.332 e. The van der Waals surface area contributed by atoms with Crippen LogP contribution in [0.15, 0.2) is 42.5 Å². The van der Waals surface area contributed by atoms with Crippen LogP contribution in [0.1, 0.15) is 6.42 Å². The van der Waals surface area contributed by atoms with Crippen molar-refractivity contribution in [2.45, 2.75) is 12.5 Å².